The van der Waals surface area contributed by atoms with Gasteiger partial charge < -0.3 is 15.1 Å². The predicted octanol–water partition coefficient (Wildman–Crippen LogP) is 3.91. The summed E-state index contributed by atoms with van der Waals surface area (Å²) in [6.45, 7) is 8.28. The Morgan fingerprint density at radius 2 is 1.94 bits per heavy atom. The first-order chi connectivity index (χ1) is 15.1. The molecule has 2 aromatic rings. The number of halogens is 1. The summed E-state index contributed by atoms with van der Waals surface area (Å²) >= 11 is 0. The van der Waals surface area contributed by atoms with E-state index in [1.807, 2.05) is 39.8 Å². The van der Waals surface area contributed by atoms with Gasteiger partial charge in [-0.2, -0.15) is 0 Å². The molecule has 0 spiro atoms. The standard InChI is InChI=1S/C25H28FN3O3/c1-5-28-22-15(2)12-17(13-18(22)25(3,4)24(28)32)27-23(31)20-10-11-21(30)29(20)14-16-8-6-7-9-19(16)26/h6-9,12-13,20H,5,10-11,14H2,1-4H3,(H,27,31). The molecule has 0 bridgehead atoms. The number of carbonyl (C=O) groups excluding carboxylic acids is 3. The van der Waals surface area contributed by atoms with Gasteiger partial charge in [0.1, 0.15) is 11.9 Å². The maximum atomic E-state index is 14.1. The molecule has 1 saturated heterocycles. The Kier molecular flexibility index (Phi) is 5.53. The number of hydrogen-bond donors (Lipinski definition) is 1. The van der Waals surface area contributed by atoms with E-state index in [0.717, 1.165) is 16.8 Å². The fraction of sp³-hybridized carbons (Fsp3) is 0.400. The lowest BCUT2D eigenvalue weighted by Gasteiger charge is -2.25. The van der Waals surface area contributed by atoms with Crippen molar-refractivity contribution in [3.8, 4) is 0 Å². The number of aryl methyl sites for hydroxylation is 1. The van der Waals surface area contributed by atoms with Gasteiger partial charge in [0.15, 0.2) is 0 Å². The van der Waals surface area contributed by atoms with E-state index in [-0.39, 0.29) is 30.7 Å². The monoisotopic (exact) mass is 437 g/mol. The molecule has 168 valence electrons. The van der Waals surface area contributed by atoms with Crippen LogP contribution in [0.2, 0.25) is 0 Å². The zero-order chi connectivity index (χ0) is 23.2. The van der Waals surface area contributed by atoms with Gasteiger partial charge in [-0.05, 0) is 63.4 Å². The van der Waals surface area contributed by atoms with Gasteiger partial charge in [-0.15, -0.1) is 0 Å². The molecule has 0 aromatic heterocycles. The lowest BCUT2D eigenvalue weighted by molar-refractivity contribution is -0.133. The molecule has 1 unspecified atom stereocenters. The first-order valence-corrected chi connectivity index (χ1v) is 11.0. The molecule has 6 nitrogen and oxygen atoms in total. The minimum absolute atomic E-state index is 0.0408. The van der Waals surface area contributed by atoms with Gasteiger partial charge in [-0.25, -0.2) is 4.39 Å². The first kappa shape index (κ1) is 22.0. The summed E-state index contributed by atoms with van der Waals surface area (Å²) < 4.78 is 14.1. The van der Waals surface area contributed by atoms with Crippen LogP contribution in [0.5, 0.6) is 0 Å². The molecule has 32 heavy (non-hydrogen) atoms. The highest BCUT2D eigenvalue weighted by Gasteiger charge is 2.44. The highest BCUT2D eigenvalue weighted by atomic mass is 19.1. The summed E-state index contributed by atoms with van der Waals surface area (Å²) in [4.78, 5) is 41.6. The highest BCUT2D eigenvalue weighted by Crippen LogP contribution is 2.44. The molecule has 2 aliphatic rings. The molecular weight excluding hydrogens is 409 g/mol. The van der Waals surface area contributed by atoms with Crippen molar-refractivity contribution in [2.24, 2.45) is 0 Å². The summed E-state index contributed by atoms with van der Waals surface area (Å²) in [6, 6.07) is 9.32. The van der Waals surface area contributed by atoms with E-state index in [9.17, 15) is 18.8 Å². The quantitative estimate of drug-likeness (QED) is 0.771. The second-order valence-electron chi connectivity index (χ2n) is 9.02. The molecule has 3 amide bonds. The van der Waals surface area contributed by atoms with Gasteiger partial charge in [0, 0.05) is 30.8 Å². The molecule has 2 aliphatic heterocycles. The zero-order valence-electron chi connectivity index (χ0n) is 18.9. The Bertz CT molecular complexity index is 1110. The van der Waals surface area contributed by atoms with Gasteiger partial charge in [0.2, 0.25) is 17.7 Å². The SMILES string of the molecule is CCN1C(=O)C(C)(C)c2cc(NC(=O)C3CCC(=O)N3Cc3ccccc3F)cc(C)c21. The molecule has 0 saturated carbocycles. The van der Waals surface area contributed by atoms with Crippen molar-refractivity contribution in [3.63, 3.8) is 0 Å². The second kappa shape index (κ2) is 8.04. The van der Waals surface area contributed by atoms with Crippen LogP contribution in [0, 0.1) is 12.7 Å². The van der Waals surface area contributed by atoms with Crippen molar-refractivity contribution in [2.75, 3.05) is 16.8 Å². The number of rotatable bonds is 5. The van der Waals surface area contributed by atoms with E-state index in [2.05, 4.69) is 5.32 Å². The minimum atomic E-state index is -0.683. The van der Waals surface area contributed by atoms with Crippen molar-refractivity contribution in [2.45, 2.75) is 58.5 Å². The molecule has 7 heteroatoms. The third-order valence-corrected chi connectivity index (χ3v) is 6.54. The van der Waals surface area contributed by atoms with E-state index < -0.39 is 17.3 Å². The Morgan fingerprint density at radius 1 is 1.22 bits per heavy atom. The van der Waals surface area contributed by atoms with Crippen LogP contribution in [0.1, 0.15) is 50.3 Å². The van der Waals surface area contributed by atoms with Crippen molar-refractivity contribution < 1.29 is 18.8 Å². The number of nitrogens with zero attached hydrogens (tertiary/aromatic N) is 2. The third-order valence-electron chi connectivity index (χ3n) is 6.54. The van der Waals surface area contributed by atoms with Crippen LogP contribution in [-0.2, 0) is 26.3 Å². The summed E-state index contributed by atoms with van der Waals surface area (Å²) in [6.07, 6.45) is 0.638. The van der Waals surface area contributed by atoms with Crippen LogP contribution < -0.4 is 10.2 Å². The topological polar surface area (TPSA) is 69.7 Å². The highest BCUT2D eigenvalue weighted by molar-refractivity contribution is 6.09. The van der Waals surface area contributed by atoms with Gasteiger partial charge in [-0.3, -0.25) is 14.4 Å². The smallest absolute Gasteiger partial charge is 0.247 e. The van der Waals surface area contributed by atoms with Crippen molar-refractivity contribution >= 4 is 29.1 Å². The van der Waals surface area contributed by atoms with E-state index in [0.29, 0.717) is 24.2 Å². The number of likely N-dealkylation sites (N-methyl/N-ethyl adjacent to an activating group) is 1. The fourth-order valence-corrected chi connectivity index (χ4v) is 4.78. The molecule has 0 aliphatic carbocycles. The summed E-state index contributed by atoms with van der Waals surface area (Å²) in [5.41, 5.74) is 2.98. The molecule has 2 aromatic carbocycles. The fourth-order valence-electron chi connectivity index (χ4n) is 4.78. The Hall–Kier alpha value is -3.22. The lowest BCUT2D eigenvalue weighted by Crippen LogP contribution is -2.41. The van der Waals surface area contributed by atoms with Gasteiger partial charge in [-0.1, -0.05) is 18.2 Å². The van der Waals surface area contributed by atoms with E-state index in [4.69, 9.17) is 0 Å². The van der Waals surface area contributed by atoms with Crippen LogP contribution in [0.15, 0.2) is 36.4 Å². The zero-order valence-corrected chi connectivity index (χ0v) is 18.9. The number of amides is 3. The van der Waals surface area contributed by atoms with Crippen LogP contribution in [0.3, 0.4) is 0 Å². The van der Waals surface area contributed by atoms with Gasteiger partial charge in [0.25, 0.3) is 0 Å². The maximum absolute atomic E-state index is 14.1. The largest absolute Gasteiger partial charge is 0.326 e. The second-order valence-corrected chi connectivity index (χ2v) is 9.02. The molecule has 1 fully saturated rings. The lowest BCUT2D eigenvalue weighted by atomic mass is 9.85. The van der Waals surface area contributed by atoms with E-state index in [1.165, 1.54) is 11.0 Å². The predicted molar refractivity (Wildman–Crippen MR) is 121 cm³/mol. The average molecular weight is 438 g/mol. The number of fused-ring (bicyclic) bond motifs is 1. The van der Waals surface area contributed by atoms with Gasteiger partial charge >= 0.3 is 0 Å². The number of benzene rings is 2. The number of carbonyl (C=O) groups is 3. The summed E-state index contributed by atoms with van der Waals surface area (Å²) in [5, 5.41) is 2.93. The molecule has 0 radical (unpaired) electrons. The molecular formula is C25H28FN3O3. The minimum Gasteiger partial charge on any atom is -0.326 e. The Balaban J connectivity index is 1.58. The third kappa shape index (κ3) is 3.55. The van der Waals surface area contributed by atoms with Crippen LogP contribution in [0.25, 0.3) is 0 Å². The van der Waals surface area contributed by atoms with E-state index in [1.54, 1.807) is 23.1 Å². The van der Waals surface area contributed by atoms with Gasteiger partial charge in [0.05, 0.1) is 11.1 Å². The summed E-state index contributed by atoms with van der Waals surface area (Å²) in [7, 11) is 0. The van der Waals surface area contributed by atoms with Crippen LogP contribution >= 0.6 is 0 Å². The summed E-state index contributed by atoms with van der Waals surface area (Å²) in [5.74, 6) is -0.822. The normalized spacial score (nSPS) is 19.5. The maximum Gasteiger partial charge on any atom is 0.247 e. The van der Waals surface area contributed by atoms with Crippen molar-refractivity contribution in [1.29, 1.82) is 0 Å². The number of likely N-dealkylation sites (tertiary alicyclic amines) is 1. The average Bonchev–Trinajstić information content (AvgIpc) is 3.19. The Labute approximate surface area is 187 Å². The van der Waals surface area contributed by atoms with Crippen LogP contribution in [0.4, 0.5) is 15.8 Å². The Morgan fingerprint density at radius 3 is 2.62 bits per heavy atom. The van der Waals surface area contributed by atoms with Crippen LogP contribution in [-0.4, -0.2) is 35.2 Å². The molecule has 2 heterocycles. The van der Waals surface area contributed by atoms with E-state index >= 15 is 0 Å². The number of anilines is 2. The van der Waals surface area contributed by atoms with Crippen molar-refractivity contribution in [3.05, 3.63) is 58.9 Å². The molecule has 1 atom stereocenters. The number of nitrogens with one attached hydrogen (secondary N) is 1. The first-order valence-electron chi connectivity index (χ1n) is 11.0. The number of hydrogen-bond acceptors (Lipinski definition) is 3. The molecule has 4 rings (SSSR count). The molecule has 1 N–H and O–H groups in total. The van der Waals surface area contributed by atoms with Crippen molar-refractivity contribution in [1.82, 2.24) is 4.90 Å².